The summed E-state index contributed by atoms with van der Waals surface area (Å²) < 4.78 is 0. The van der Waals surface area contributed by atoms with E-state index in [-0.39, 0.29) is 13.2 Å². The van der Waals surface area contributed by atoms with E-state index in [0.29, 0.717) is 0 Å². The summed E-state index contributed by atoms with van der Waals surface area (Å²) in [6.45, 7) is 7.12. The average molecular weight is 318 g/mol. The number of rotatable bonds is 14. The molecule has 0 saturated heterocycles. The fourth-order valence-corrected chi connectivity index (χ4v) is 3.89. The molecule has 128 valence electrons. The fraction of sp³-hybridized carbons (Fsp3) is 1.00. The summed E-state index contributed by atoms with van der Waals surface area (Å²) in [5, 5.41) is 18.2. The molecule has 0 radical (unpaired) electrons. The van der Waals surface area contributed by atoms with E-state index in [0.717, 1.165) is 19.3 Å². The Morgan fingerprint density at radius 3 is 1.48 bits per heavy atom. The molecule has 0 aliphatic heterocycles. The lowest BCUT2D eigenvalue weighted by Gasteiger charge is -2.24. The predicted octanol–water partition coefficient (Wildman–Crippen LogP) is 3.91. The second-order valence-electron chi connectivity index (χ2n) is 7.92. The maximum atomic E-state index is 9.10. The summed E-state index contributed by atoms with van der Waals surface area (Å²) in [4.78, 5) is 0. The Bertz CT molecular complexity index is 237. The van der Waals surface area contributed by atoms with Crippen molar-refractivity contribution in [3.8, 4) is 0 Å². The Morgan fingerprint density at radius 1 is 0.714 bits per heavy atom. The van der Waals surface area contributed by atoms with Crippen LogP contribution in [0.15, 0.2) is 0 Å². The normalized spacial score (nSPS) is 12.9. The molecule has 0 spiro atoms. The van der Waals surface area contributed by atoms with Crippen molar-refractivity contribution in [1.29, 1.82) is 0 Å². The van der Waals surface area contributed by atoms with Crippen molar-refractivity contribution >= 4 is 8.07 Å². The first-order valence-electron chi connectivity index (χ1n) is 8.84. The molecule has 0 atom stereocenters. The highest BCUT2D eigenvalue weighted by atomic mass is 28.3. The van der Waals surface area contributed by atoms with E-state index in [1.165, 1.54) is 51.0 Å². The minimum atomic E-state index is -0.815. The molecule has 0 saturated carbocycles. The molecule has 4 heteroatoms. The van der Waals surface area contributed by atoms with Crippen LogP contribution in [0.2, 0.25) is 25.7 Å². The summed E-state index contributed by atoms with van der Waals surface area (Å²) in [6, 6.07) is 1.48. The molecular weight excluding hydrogens is 278 g/mol. The quantitative estimate of drug-likeness (QED) is 0.336. The lowest BCUT2D eigenvalue weighted by Crippen LogP contribution is -2.47. The molecule has 0 aliphatic carbocycles. The van der Waals surface area contributed by atoms with Gasteiger partial charge in [-0.3, -0.25) is 0 Å². The fourth-order valence-electron chi connectivity index (χ4n) is 2.58. The molecule has 0 heterocycles. The third-order valence-corrected chi connectivity index (χ3v) is 6.08. The van der Waals surface area contributed by atoms with Gasteiger partial charge in [-0.25, -0.2) is 0 Å². The largest absolute Gasteiger partial charge is 0.394 e. The van der Waals surface area contributed by atoms with Crippen LogP contribution in [0, 0.1) is 0 Å². The topological polar surface area (TPSA) is 66.5 Å². The molecule has 21 heavy (non-hydrogen) atoms. The highest BCUT2D eigenvalue weighted by Crippen LogP contribution is 2.17. The SMILES string of the molecule is C[Si](C)(C)CCCCCCCCCCCC(N)(CO)CO. The Labute approximate surface area is 133 Å². The van der Waals surface area contributed by atoms with Crippen LogP contribution in [0.25, 0.3) is 0 Å². The maximum Gasteiger partial charge on any atom is 0.0633 e. The summed E-state index contributed by atoms with van der Waals surface area (Å²) in [5.41, 5.74) is 5.07. The lowest BCUT2D eigenvalue weighted by atomic mass is 9.94. The van der Waals surface area contributed by atoms with Gasteiger partial charge in [0.1, 0.15) is 0 Å². The summed E-state index contributed by atoms with van der Waals surface area (Å²) >= 11 is 0. The Morgan fingerprint density at radius 2 is 1.10 bits per heavy atom. The van der Waals surface area contributed by atoms with Gasteiger partial charge in [-0.2, -0.15) is 0 Å². The number of nitrogens with two attached hydrogens (primary N) is 1. The van der Waals surface area contributed by atoms with Gasteiger partial charge in [-0.15, -0.1) is 0 Å². The van der Waals surface area contributed by atoms with E-state index in [2.05, 4.69) is 19.6 Å². The summed E-state index contributed by atoms with van der Waals surface area (Å²) in [7, 11) is -0.815. The van der Waals surface area contributed by atoms with Gasteiger partial charge in [0, 0.05) is 8.07 Å². The van der Waals surface area contributed by atoms with Crippen molar-refractivity contribution < 1.29 is 10.2 Å². The van der Waals surface area contributed by atoms with E-state index >= 15 is 0 Å². The van der Waals surface area contributed by atoms with E-state index in [9.17, 15) is 0 Å². The van der Waals surface area contributed by atoms with Gasteiger partial charge in [0.15, 0.2) is 0 Å². The Kier molecular flexibility index (Phi) is 11.7. The van der Waals surface area contributed by atoms with Crippen LogP contribution in [0.4, 0.5) is 0 Å². The standard InChI is InChI=1S/C17H39NO2Si/c1-21(2,3)14-12-10-8-6-4-5-7-9-11-13-17(18,15-19)16-20/h19-20H,4-16,18H2,1-3H3. The van der Waals surface area contributed by atoms with Crippen molar-refractivity contribution in [3.63, 3.8) is 0 Å². The van der Waals surface area contributed by atoms with E-state index in [4.69, 9.17) is 15.9 Å². The van der Waals surface area contributed by atoms with Crippen LogP contribution in [0.3, 0.4) is 0 Å². The van der Waals surface area contributed by atoms with E-state index < -0.39 is 13.6 Å². The lowest BCUT2D eigenvalue weighted by molar-refractivity contribution is 0.112. The highest BCUT2D eigenvalue weighted by molar-refractivity contribution is 6.76. The third kappa shape index (κ3) is 13.5. The molecule has 0 bridgehead atoms. The van der Waals surface area contributed by atoms with Crippen molar-refractivity contribution in [3.05, 3.63) is 0 Å². The van der Waals surface area contributed by atoms with Gasteiger partial charge in [0.2, 0.25) is 0 Å². The third-order valence-electron chi connectivity index (χ3n) is 4.23. The number of unbranched alkanes of at least 4 members (excludes halogenated alkanes) is 8. The first-order valence-corrected chi connectivity index (χ1v) is 12.5. The summed E-state index contributed by atoms with van der Waals surface area (Å²) in [5.74, 6) is 0. The van der Waals surface area contributed by atoms with Crippen LogP contribution >= 0.6 is 0 Å². The molecule has 0 rings (SSSR count). The van der Waals surface area contributed by atoms with Gasteiger partial charge in [0.05, 0.1) is 18.8 Å². The van der Waals surface area contributed by atoms with Gasteiger partial charge < -0.3 is 15.9 Å². The zero-order valence-electron chi connectivity index (χ0n) is 14.7. The van der Waals surface area contributed by atoms with Crippen LogP contribution in [-0.2, 0) is 0 Å². The molecule has 0 aromatic carbocycles. The molecule has 0 aromatic rings. The molecule has 0 aromatic heterocycles. The van der Waals surface area contributed by atoms with Crippen molar-refractivity contribution in [2.24, 2.45) is 5.73 Å². The zero-order chi connectivity index (χ0) is 16.2. The first-order chi connectivity index (χ1) is 9.83. The summed E-state index contributed by atoms with van der Waals surface area (Å²) in [6.07, 6.45) is 12.4. The smallest absolute Gasteiger partial charge is 0.0633 e. The van der Waals surface area contributed by atoms with Crippen molar-refractivity contribution in [2.45, 2.75) is 95.4 Å². The minimum absolute atomic E-state index is 0.124. The van der Waals surface area contributed by atoms with Crippen LogP contribution in [-0.4, -0.2) is 37.0 Å². The molecule has 4 N–H and O–H groups in total. The number of aliphatic hydroxyl groups is 2. The average Bonchev–Trinajstić information content (AvgIpc) is 2.43. The van der Waals surface area contributed by atoms with Crippen molar-refractivity contribution in [1.82, 2.24) is 0 Å². The number of hydrogen-bond acceptors (Lipinski definition) is 3. The van der Waals surface area contributed by atoms with Gasteiger partial charge >= 0.3 is 0 Å². The van der Waals surface area contributed by atoms with E-state index in [1.54, 1.807) is 0 Å². The van der Waals surface area contributed by atoms with Gasteiger partial charge in [-0.05, 0) is 6.42 Å². The molecule has 0 amide bonds. The van der Waals surface area contributed by atoms with Crippen LogP contribution in [0.5, 0.6) is 0 Å². The van der Waals surface area contributed by atoms with E-state index in [1.807, 2.05) is 0 Å². The highest BCUT2D eigenvalue weighted by Gasteiger charge is 2.21. The first kappa shape index (κ1) is 21.1. The second kappa shape index (κ2) is 11.6. The predicted molar refractivity (Wildman–Crippen MR) is 95.4 cm³/mol. The van der Waals surface area contributed by atoms with Crippen molar-refractivity contribution in [2.75, 3.05) is 13.2 Å². The number of aliphatic hydroxyl groups excluding tert-OH is 2. The van der Waals surface area contributed by atoms with Gasteiger partial charge in [0.25, 0.3) is 0 Å². The molecule has 0 unspecified atom stereocenters. The Balaban J connectivity index is 3.27. The number of hydrogen-bond donors (Lipinski definition) is 3. The molecule has 0 aliphatic rings. The minimum Gasteiger partial charge on any atom is -0.394 e. The van der Waals surface area contributed by atoms with Crippen LogP contribution < -0.4 is 5.73 Å². The monoisotopic (exact) mass is 317 g/mol. The maximum absolute atomic E-state index is 9.10. The molecular formula is C17H39NO2Si. The van der Waals surface area contributed by atoms with Crippen LogP contribution in [0.1, 0.15) is 64.2 Å². The zero-order valence-corrected chi connectivity index (χ0v) is 15.7. The second-order valence-corrected chi connectivity index (χ2v) is 13.5. The Hall–Kier alpha value is 0.0969. The molecule has 3 nitrogen and oxygen atoms in total. The van der Waals surface area contributed by atoms with Gasteiger partial charge in [-0.1, -0.05) is 83.5 Å². The molecule has 0 fully saturated rings.